The molecule has 1 aromatic heterocycles. The van der Waals surface area contributed by atoms with E-state index in [1.54, 1.807) is 59.3 Å². The molecule has 7 nitrogen and oxygen atoms in total. The molecule has 0 spiro atoms. The number of halogens is 1. The van der Waals surface area contributed by atoms with E-state index in [9.17, 15) is 18.8 Å². The fraction of sp³-hybridized carbons (Fsp3) is 0.0455. The molecule has 0 radical (unpaired) electrons. The van der Waals surface area contributed by atoms with Gasteiger partial charge >= 0.3 is 6.03 Å². The fourth-order valence-corrected chi connectivity index (χ4v) is 3.14. The Morgan fingerprint density at radius 1 is 0.967 bits per heavy atom. The summed E-state index contributed by atoms with van der Waals surface area (Å²) in [7, 11) is 1.50. The summed E-state index contributed by atoms with van der Waals surface area (Å²) < 4.78 is 20.3. The summed E-state index contributed by atoms with van der Waals surface area (Å²) in [6.07, 6.45) is 3.05. The number of hydrogen-bond acceptors (Lipinski definition) is 4. The van der Waals surface area contributed by atoms with Gasteiger partial charge in [-0.15, -0.1) is 0 Å². The van der Waals surface area contributed by atoms with Gasteiger partial charge < -0.3 is 9.30 Å². The van der Waals surface area contributed by atoms with Gasteiger partial charge in [0.25, 0.3) is 11.8 Å². The van der Waals surface area contributed by atoms with E-state index in [0.29, 0.717) is 17.1 Å². The van der Waals surface area contributed by atoms with Crippen LogP contribution in [-0.4, -0.2) is 29.5 Å². The molecule has 0 bridgehead atoms. The number of rotatable bonds is 4. The number of nitrogens with one attached hydrogen (secondary N) is 1. The maximum absolute atomic E-state index is 13.6. The molecule has 0 atom stereocenters. The quantitative estimate of drug-likeness (QED) is 0.534. The average Bonchev–Trinajstić information content (AvgIpc) is 3.20. The molecular formula is C22H16FN3O4. The minimum atomic E-state index is -0.840. The van der Waals surface area contributed by atoms with Gasteiger partial charge in [-0.1, -0.05) is 6.07 Å². The number of ether oxygens (including phenoxy) is 1. The summed E-state index contributed by atoms with van der Waals surface area (Å²) in [6, 6.07) is 14.7. The van der Waals surface area contributed by atoms with E-state index in [1.807, 2.05) is 0 Å². The lowest BCUT2D eigenvalue weighted by atomic mass is 10.1. The zero-order valence-corrected chi connectivity index (χ0v) is 15.8. The predicted molar refractivity (Wildman–Crippen MR) is 108 cm³/mol. The number of urea groups is 1. The monoisotopic (exact) mass is 405 g/mol. The first-order valence-corrected chi connectivity index (χ1v) is 8.97. The van der Waals surface area contributed by atoms with Crippen molar-refractivity contribution in [2.24, 2.45) is 0 Å². The van der Waals surface area contributed by atoms with Gasteiger partial charge in [0, 0.05) is 17.6 Å². The lowest BCUT2D eigenvalue weighted by Crippen LogP contribution is -2.54. The first-order valence-electron chi connectivity index (χ1n) is 8.97. The van der Waals surface area contributed by atoms with Gasteiger partial charge in [-0.3, -0.25) is 14.9 Å². The summed E-state index contributed by atoms with van der Waals surface area (Å²) in [4.78, 5) is 38.6. The minimum Gasteiger partial charge on any atom is -0.497 e. The zero-order valence-electron chi connectivity index (χ0n) is 15.8. The highest BCUT2D eigenvalue weighted by molar-refractivity contribution is 6.39. The van der Waals surface area contributed by atoms with Crippen LogP contribution in [0.1, 0.15) is 5.69 Å². The number of benzene rings is 2. The van der Waals surface area contributed by atoms with Crippen molar-refractivity contribution >= 4 is 29.6 Å². The third kappa shape index (κ3) is 3.46. The molecular weight excluding hydrogens is 389 g/mol. The smallest absolute Gasteiger partial charge is 0.335 e. The van der Waals surface area contributed by atoms with Crippen LogP contribution < -0.4 is 15.0 Å². The Morgan fingerprint density at radius 2 is 1.73 bits per heavy atom. The summed E-state index contributed by atoms with van der Waals surface area (Å²) >= 11 is 0. The van der Waals surface area contributed by atoms with Crippen molar-refractivity contribution in [2.75, 3.05) is 12.0 Å². The lowest BCUT2D eigenvalue weighted by Gasteiger charge is -2.26. The summed E-state index contributed by atoms with van der Waals surface area (Å²) in [5, 5.41) is 2.18. The molecule has 150 valence electrons. The van der Waals surface area contributed by atoms with E-state index in [-0.39, 0.29) is 11.3 Å². The second-order valence-electron chi connectivity index (χ2n) is 6.44. The Balaban J connectivity index is 1.73. The molecule has 8 heteroatoms. The van der Waals surface area contributed by atoms with Gasteiger partial charge in [0.1, 0.15) is 17.1 Å². The Hall–Kier alpha value is -4.20. The van der Waals surface area contributed by atoms with Crippen LogP contribution in [0.5, 0.6) is 5.75 Å². The summed E-state index contributed by atoms with van der Waals surface area (Å²) in [5.74, 6) is -1.42. The summed E-state index contributed by atoms with van der Waals surface area (Å²) in [6.45, 7) is 0. The van der Waals surface area contributed by atoms with Gasteiger partial charge in [-0.2, -0.15) is 0 Å². The highest BCUT2D eigenvalue weighted by Gasteiger charge is 2.37. The van der Waals surface area contributed by atoms with Crippen molar-refractivity contribution in [3.05, 3.63) is 83.9 Å². The molecule has 1 saturated heterocycles. The Kier molecular flexibility index (Phi) is 4.89. The molecule has 0 unspecified atom stereocenters. The Bertz CT molecular complexity index is 1180. The van der Waals surface area contributed by atoms with Crippen LogP contribution in [-0.2, 0) is 9.59 Å². The molecule has 0 aliphatic carbocycles. The second kappa shape index (κ2) is 7.67. The van der Waals surface area contributed by atoms with Crippen LogP contribution in [0.3, 0.4) is 0 Å². The Morgan fingerprint density at radius 3 is 2.43 bits per heavy atom. The van der Waals surface area contributed by atoms with Crippen LogP contribution in [0.2, 0.25) is 0 Å². The molecule has 4 amide bonds. The van der Waals surface area contributed by atoms with Crippen LogP contribution in [0.4, 0.5) is 14.9 Å². The molecule has 1 aliphatic rings. The molecule has 1 aliphatic heterocycles. The first-order chi connectivity index (χ1) is 14.5. The molecule has 2 heterocycles. The van der Waals surface area contributed by atoms with Crippen molar-refractivity contribution in [1.29, 1.82) is 0 Å². The lowest BCUT2D eigenvalue weighted by molar-refractivity contribution is -0.122. The number of barbiturate groups is 1. The number of carbonyl (C=O) groups excluding carboxylic acids is 3. The molecule has 2 aromatic carbocycles. The number of imide groups is 2. The number of hydrogen-bond donors (Lipinski definition) is 1. The van der Waals surface area contributed by atoms with Crippen molar-refractivity contribution in [1.82, 2.24) is 9.88 Å². The highest BCUT2D eigenvalue weighted by atomic mass is 19.1. The largest absolute Gasteiger partial charge is 0.497 e. The molecule has 3 aromatic rings. The number of amides is 4. The number of carbonyl (C=O) groups is 3. The van der Waals surface area contributed by atoms with Gasteiger partial charge in [-0.25, -0.2) is 14.1 Å². The third-order valence-electron chi connectivity index (χ3n) is 4.59. The number of methoxy groups -OCH3 is 1. The van der Waals surface area contributed by atoms with Gasteiger partial charge in [0.05, 0.1) is 12.8 Å². The van der Waals surface area contributed by atoms with Crippen LogP contribution in [0, 0.1) is 5.82 Å². The SMILES string of the molecule is COc1ccc(N2C(=O)NC(=O)/C(=C/c3cccn3-c3cccc(F)c3)C2=O)cc1. The molecule has 0 saturated carbocycles. The van der Waals surface area contributed by atoms with Crippen molar-refractivity contribution in [2.45, 2.75) is 0 Å². The maximum Gasteiger partial charge on any atom is 0.335 e. The van der Waals surface area contributed by atoms with Crippen LogP contribution in [0.25, 0.3) is 11.8 Å². The maximum atomic E-state index is 13.6. The topological polar surface area (TPSA) is 80.6 Å². The van der Waals surface area contributed by atoms with Crippen LogP contribution >= 0.6 is 0 Å². The highest BCUT2D eigenvalue weighted by Crippen LogP contribution is 2.25. The molecule has 1 N–H and O–H groups in total. The van der Waals surface area contributed by atoms with Crippen molar-refractivity contribution < 1.29 is 23.5 Å². The van der Waals surface area contributed by atoms with Gasteiger partial charge in [0.2, 0.25) is 0 Å². The van der Waals surface area contributed by atoms with Gasteiger partial charge in [-0.05, 0) is 60.7 Å². The first kappa shape index (κ1) is 19.1. The van der Waals surface area contributed by atoms with Crippen molar-refractivity contribution in [3.63, 3.8) is 0 Å². The number of anilines is 1. The van der Waals surface area contributed by atoms with Crippen LogP contribution in [0.15, 0.2) is 72.4 Å². The number of aromatic nitrogens is 1. The predicted octanol–water partition coefficient (Wildman–Crippen LogP) is 3.29. The van der Waals surface area contributed by atoms with Crippen molar-refractivity contribution in [3.8, 4) is 11.4 Å². The fourth-order valence-electron chi connectivity index (χ4n) is 3.14. The Labute approximate surface area is 171 Å². The summed E-state index contributed by atoms with van der Waals surface area (Å²) in [5.41, 5.74) is 1.07. The van der Waals surface area contributed by atoms with E-state index in [1.165, 1.54) is 25.3 Å². The van der Waals surface area contributed by atoms with E-state index < -0.39 is 23.7 Å². The van der Waals surface area contributed by atoms with E-state index in [2.05, 4.69) is 5.32 Å². The van der Waals surface area contributed by atoms with Gasteiger partial charge in [0.15, 0.2) is 0 Å². The third-order valence-corrected chi connectivity index (χ3v) is 4.59. The van der Waals surface area contributed by atoms with E-state index >= 15 is 0 Å². The zero-order chi connectivity index (χ0) is 21.3. The standard InChI is InChI=1S/C22H16FN3O4/c1-30-18-9-7-15(8-10-18)26-21(28)19(20(27)24-22(26)29)13-17-6-3-11-25(17)16-5-2-4-14(23)12-16/h2-13H,1H3,(H,24,27,29)/b19-13-. The molecule has 30 heavy (non-hydrogen) atoms. The number of nitrogens with zero attached hydrogens (tertiary/aromatic N) is 2. The second-order valence-corrected chi connectivity index (χ2v) is 6.44. The van der Waals surface area contributed by atoms with E-state index in [4.69, 9.17) is 4.74 Å². The molecule has 4 rings (SSSR count). The normalized spacial score (nSPS) is 15.5. The average molecular weight is 405 g/mol. The van der Waals surface area contributed by atoms with E-state index in [0.717, 1.165) is 4.90 Å². The molecule has 1 fully saturated rings. The minimum absolute atomic E-state index is 0.221.